The van der Waals surface area contributed by atoms with E-state index in [-0.39, 0.29) is 4.90 Å². The molecule has 0 fully saturated rings. The summed E-state index contributed by atoms with van der Waals surface area (Å²) >= 11 is 0. The van der Waals surface area contributed by atoms with Crippen molar-refractivity contribution in [2.75, 3.05) is 14.1 Å². The highest BCUT2D eigenvalue weighted by Crippen LogP contribution is 2.14. The van der Waals surface area contributed by atoms with E-state index in [4.69, 9.17) is 5.11 Å². The summed E-state index contributed by atoms with van der Waals surface area (Å²) in [5.41, 5.74) is 0.719. The van der Waals surface area contributed by atoms with Crippen LogP contribution in [0.3, 0.4) is 0 Å². The number of rotatable bonds is 6. The standard InChI is InChI=1S/C12H18N2O4S/c1-9(12(15)16)13-8-10-5-4-6-11(7-10)19(17,18)14(2)3/h4-7,9,13H,8H2,1-3H3,(H,15,16)/t9-/m0/s1. The highest BCUT2D eigenvalue weighted by molar-refractivity contribution is 7.89. The largest absolute Gasteiger partial charge is 0.480 e. The topological polar surface area (TPSA) is 86.7 Å². The molecule has 0 amide bonds. The summed E-state index contributed by atoms with van der Waals surface area (Å²) in [6.45, 7) is 1.83. The van der Waals surface area contributed by atoms with E-state index in [0.717, 1.165) is 9.87 Å². The van der Waals surface area contributed by atoms with E-state index >= 15 is 0 Å². The fraction of sp³-hybridized carbons (Fsp3) is 0.417. The number of nitrogens with zero attached hydrogens (tertiary/aromatic N) is 1. The van der Waals surface area contributed by atoms with Gasteiger partial charge in [-0.25, -0.2) is 12.7 Å². The van der Waals surface area contributed by atoms with Crippen LogP contribution in [0.25, 0.3) is 0 Å². The Balaban J connectivity index is 2.87. The first-order valence-corrected chi connectivity index (χ1v) is 7.17. The first kappa shape index (κ1) is 15.6. The molecule has 6 nitrogen and oxygen atoms in total. The van der Waals surface area contributed by atoms with E-state index < -0.39 is 22.0 Å². The summed E-state index contributed by atoms with van der Waals surface area (Å²) in [6, 6.07) is 5.75. The number of sulfonamides is 1. The summed E-state index contributed by atoms with van der Waals surface area (Å²) in [7, 11) is -0.535. The third kappa shape index (κ3) is 4.02. The Morgan fingerprint density at radius 3 is 2.58 bits per heavy atom. The van der Waals surface area contributed by atoms with Gasteiger partial charge in [-0.1, -0.05) is 12.1 Å². The van der Waals surface area contributed by atoms with Crippen LogP contribution < -0.4 is 5.32 Å². The molecule has 0 spiro atoms. The van der Waals surface area contributed by atoms with Crippen LogP contribution in [0.15, 0.2) is 29.2 Å². The van der Waals surface area contributed by atoms with Gasteiger partial charge in [-0.3, -0.25) is 4.79 Å². The van der Waals surface area contributed by atoms with E-state index in [1.165, 1.54) is 33.2 Å². The van der Waals surface area contributed by atoms with E-state index in [2.05, 4.69) is 5.32 Å². The van der Waals surface area contributed by atoms with Gasteiger partial charge in [-0.15, -0.1) is 0 Å². The third-order valence-corrected chi connectivity index (χ3v) is 4.47. The third-order valence-electron chi connectivity index (χ3n) is 2.66. The number of nitrogens with one attached hydrogen (secondary N) is 1. The zero-order valence-electron chi connectivity index (χ0n) is 11.1. The molecule has 0 radical (unpaired) electrons. The van der Waals surface area contributed by atoms with Crippen molar-refractivity contribution in [1.29, 1.82) is 0 Å². The van der Waals surface area contributed by atoms with Gasteiger partial charge >= 0.3 is 5.97 Å². The lowest BCUT2D eigenvalue weighted by Crippen LogP contribution is -2.33. The SMILES string of the molecule is C[C@H](NCc1cccc(S(=O)(=O)N(C)C)c1)C(=O)O. The fourth-order valence-electron chi connectivity index (χ4n) is 1.38. The number of carboxylic acid groups (broad SMARTS) is 1. The van der Waals surface area contributed by atoms with Crippen molar-refractivity contribution in [3.8, 4) is 0 Å². The fourth-order valence-corrected chi connectivity index (χ4v) is 2.36. The molecule has 1 rings (SSSR count). The molecule has 0 bridgehead atoms. The lowest BCUT2D eigenvalue weighted by Gasteiger charge is -2.13. The van der Waals surface area contributed by atoms with Crippen LogP contribution in [0, 0.1) is 0 Å². The Kier molecular flexibility index (Phi) is 5.04. The highest BCUT2D eigenvalue weighted by Gasteiger charge is 2.17. The molecule has 7 heteroatoms. The van der Waals surface area contributed by atoms with Gasteiger partial charge in [0, 0.05) is 20.6 Å². The van der Waals surface area contributed by atoms with Gasteiger partial charge < -0.3 is 10.4 Å². The molecule has 0 aromatic heterocycles. The molecule has 1 atom stereocenters. The zero-order chi connectivity index (χ0) is 14.6. The van der Waals surface area contributed by atoms with Crippen LogP contribution in [-0.2, 0) is 21.4 Å². The molecule has 0 aliphatic carbocycles. The van der Waals surface area contributed by atoms with Crippen LogP contribution >= 0.6 is 0 Å². The van der Waals surface area contributed by atoms with E-state index in [1.54, 1.807) is 12.1 Å². The summed E-state index contributed by atoms with van der Waals surface area (Å²) in [5, 5.41) is 11.5. The summed E-state index contributed by atoms with van der Waals surface area (Å²) in [5.74, 6) is -0.947. The number of carboxylic acids is 1. The van der Waals surface area contributed by atoms with Crippen molar-refractivity contribution in [2.24, 2.45) is 0 Å². The molecular weight excluding hydrogens is 268 g/mol. The molecule has 0 heterocycles. The minimum absolute atomic E-state index is 0.194. The first-order valence-electron chi connectivity index (χ1n) is 5.73. The van der Waals surface area contributed by atoms with Crippen LogP contribution in [0.1, 0.15) is 12.5 Å². The average molecular weight is 286 g/mol. The van der Waals surface area contributed by atoms with Gasteiger partial charge in [0.05, 0.1) is 4.90 Å². The van der Waals surface area contributed by atoms with Crippen molar-refractivity contribution in [3.63, 3.8) is 0 Å². The van der Waals surface area contributed by atoms with Gasteiger partial charge in [0.25, 0.3) is 0 Å². The molecule has 0 saturated heterocycles. The predicted molar refractivity (Wildman–Crippen MR) is 71.3 cm³/mol. The van der Waals surface area contributed by atoms with Crippen LogP contribution in [-0.4, -0.2) is 43.9 Å². The van der Waals surface area contributed by atoms with E-state index in [1.807, 2.05) is 0 Å². The van der Waals surface area contributed by atoms with Crippen molar-refractivity contribution >= 4 is 16.0 Å². The number of carbonyl (C=O) groups is 1. The van der Waals surface area contributed by atoms with E-state index in [9.17, 15) is 13.2 Å². The van der Waals surface area contributed by atoms with Crippen molar-refractivity contribution in [2.45, 2.75) is 24.4 Å². The predicted octanol–water partition coefficient (Wildman–Crippen LogP) is 0.500. The van der Waals surface area contributed by atoms with Gasteiger partial charge in [0.2, 0.25) is 10.0 Å². The molecular formula is C12H18N2O4S. The number of hydrogen-bond acceptors (Lipinski definition) is 4. The summed E-state index contributed by atoms with van der Waals surface area (Å²) < 4.78 is 25.0. The Bertz CT molecular complexity index is 555. The molecule has 0 aliphatic heterocycles. The van der Waals surface area contributed by atoms with Gasteiger partial charge in [0.1, 0.15) is 6.04 Å². The Hall–Kier alpha value is -1.44. The van der Waals surface area contributed by atoms with Crippen molar-refractivity contribution < 1.29 is 18.3 Å². The molecule has 1 aromatic rings. The van der Waals surface area contributed by atoms with Crippen LogP contribution in [0.2, 0.25) is 0 Å². The highest BCUT2D eigenvalue weighted by atomic mass is 32.2. The normalized spacial score (nSPS) is 13.5. The molecule has 0 aliphatic rings. The molecule has 19 heavy (non-hydrogen) atoms. The van der Waals surface area contributed by atoms with E-state index in [0.29, 0.717) is 6.54 Å². The maximum atomic E-state index is 11.9. The second-order valence-electron chi connectivity index (χ2n) is 4.38. The minimum Gasteiger partial charge on any atom is -0.480 e. The van der Waals surface area contributed by atoms with Crippen molar-refractivity contribution in [3.05, 3.63) is 29.8 Å². The Morgan fingerprint density at radius 2 is 2.05 bits per heavy atom. The van der Waals surface area contributed by atoms with Gasteiger partial charge in [-0.05, 0) is 24.6 Å². The molecule has 0 saturated carbocycles. The van der Waals surface area contributed by atoms with Gasteiger partial charge in [0.15, 0.2) is 0 Å². The van der Waals surface area contributed by atoms with Crippen LogP contribution in [0.5, 0.6) is 0 Å². The number of benzene rings is 1. The first-order chi connectivity index (χ1) is 8.75. The quantitative estimate of drug-likeness (QED) is 0.795. The second kappa shape index (κ2) is 6.14. The lowest BCUT2D eigenvalue weighted by atomic mass is 10.2. The zero-order valence-corrected chi connectivity index (χ0v) is 11.9. The number of aliphatic carboxylic acids is 1. The van der Waals surface area contributed by atoms with Crippen LogP contribution in [0.4, 0.5) is 0 Å². The molecule has 0 unspecified atom stereocenters. The maximum Gasteiger partial charge on any atom is 0.320 e. The van der Waals surface area contributed by atoms with Crippen molar-refractivity contribution in [1.82, 2.24) is 9.62 Å². The smallest absolute Gasteiger partial charge is 0.320 e. The van der Waals surface area contributed by atoms with Gasteiger partial charge in [-0.2, -0.15) is 0 Å². The molecule has 106 valence electrons. The lowest BCUT2D eigenvalue weighted by molar-refractivity contribution is -0.139. The number of hydrogen-bond donors (Lipinski definition) is 2. The summed E-state index contributed by atoms with van der Waals surface area (Å²) in [6.07, 6.45) is 0. The molecule has 2 N–H and O–H groups in total. The molecule has 1 aromatic carbocycles. The Labute approximate surface area is 113 Å². The maximum absolute atomic E-state index is 11.9. The Morgan fingerprint density at radius 1 is 1.42 bits per heavy atom. The monoisotopic (exact) mass is 286 g/mol. The second-order valence-corrected chi connectivity index (χ2v) is 6.53. The summed E-state index contributed by atoms with van der Waals surface area (Å²) in [4.78, 5) is 10.9. The minimum atomic E-state index is -3.47. The average Bonchev–Trinajstić information content (AvgIpc) is 2.35.